The number of amides is 2. The van der Waals surface area contributed by atoms with E-state index in [2.05, 4.69) is 21.2 Å². The smallest absolute Gasteiger partial charge is 0.284 e. The predicted octanol–water partition coefficient (Wildman–Crippen LogP) is 4.98. The van der Waals surface area contributed by atoms with Crippen molar-refractivity contribution < 1.29 is 19.2 Å². The molecule has 1 aliphatic heterocycles. The van der Waals surface area contributed by atoms with E-state index in [0.717, 1.165) is 0 Å². The third-order valence-corrected chi connectivity index (χ3v) is 5.61. The van der Waals surface area contributed by atoms with Gasteiger partial charge < -0.3 is 4.74 Å². The highest BCUT2D eigenvalue weighted by Gasteiger charge is 2.34. The van der Waals surface area contributed by atoms with Gasteiger partial charge in [0.15, 0.2) is 5.11 Å². The van der Waals surface area contributed by atoms with E-state index in [9.17, 15) is 19.7 Å². The van der Waals surface area contributed by atoms with Crippen LogP contribution < -0.4 is 15.0 Å². The van der Waals surface area contributed by atoms with Crippen LogP contribution in [0, 0.1) is 10.1 Å². The van der Waals surface area contributed by atoms with Crippen LogP contribution in [0.25, 0.3) is 6.08 Å². The van der Waals surface area contributed by atoms with Crippen LogP contribution in [0.3, 0.4) is 0 Å². The first-order valence-corrected chi connectivity index (χ1v) is 10.7. The van der Waals surface area contributed by atoms with Gasteiger partial charge in [-0.2, -0.15) is 0 Å². The van der Waals surface area contributed by atoms with Crippen LogP contribution in [0.4, 0.5) is 11.4 Å². The summed E-state index contributed by atoms with van der Waals surface area (Å²) in [5.74, 6) is -0.111. The van der Waals surface area contributed by atoms with Gasteiger partial charge in [0.1, 0.15) is 17.1 Å². The van der Waals surface area contributed by atoms with E-state index in [4.69, 9.17) is 17.0 Å². The standard InChI is InChI=1S/C23H14BrN3O5S/c24-19-11-6-14(13-20(19)27(30)31)12-18-21(28)25-23(33)26(22(18)29)15-7-9-17(10-8-15)32-16-4-2-1-3-5-16/h1-13H,(H,25,28,33). The summed E-state index contributed by atoms with van der Waals surface area (Å²) in [7, 11) is 0. The van der Waals surface area contributed by atoms with Crippen molar-refractivity contribution in [2.45, 2.75) is 0 Å². The predicted molar refractivity (Wildman–Crippen MR) is 130 cm³/mol. The molecule has 2 amide bonds. The summed E-state index contributed by atoms with van der Waals surface area (Å²) in [4.78, 5) is 37.4. The molecule has 8 nitrogen and oxygen atoms in total. The van der Waals surface area contributed by atoms with Crippen molar-refractivity contribution in [1.29, 1.82) is 0 Å². The first-order chi connectivity index (χ1) is 15.8. The fraction of sp³-hybridized carbons (Fsp3) is 0. The molecule has 0 saturated carbocycles. The van der Waals surface area contributed by atoms with Crippen molar-refractivity contribution in [2.75, 3.05) is 4.90 Å². The maximum absolute atomic E-state index is 13.1. The number of anilines is 1. The SMILES string of the molecule is O=C1NC(=S)N(c2ccc(Oc3ccccc3)cc2)C(=O)C1=Cc1ccc(Br)c([N+](=O)[O-])c1. The highest BCUT2D eigenvalue weighted by molar-refractivity contribution is 9.10. The Morgan fingerprint density at radius 2 is 1.67 bits per heavy atom. The van der Waals surface area contributed by atoms with Gasteiger partial charge in [0.2, 0.25) is 0 Å². The molecule has 0 bridgehead atoms. The zero-order valence-electron chi connectivity index (χ0n) is 16.7. The molecule has 1 N–H and O–H groups in total. The van der Waals surface area contributed by atoms with Gasteiger partial charge in [-0.1, -0.05) is 24.3 Å². The molecule has 33 heavy (non-hydrogen) atoms. The summed E-state index contributed by atoms with van der Waals surface area (Å²) in [6.45, 7) is 0. The molecule has 1 heterocycles. The summed E-state index contributed by atoms with van der Waals surface area (Å²) < 4.78 is 6.04. The van der Waals surface area contributed by atoms with Crippen molar-refractivity contribution in [3.8, 4) is 11.5 Å². The van der Waals surface area contributed by atoms with E-state index in [0.29, 0.717) is 22.7 Å². The van der Waals surface area contributed by atoms with Gasteiger partial charge in [-0.3, -0.25) is 29.9 Å². The van der Waals surface area contributed by atoms with Crippen molar-refractivity contribution in [1.82, 2.24) is 5.32 Å². The molecule has 0 aliphatic carbocycles. The third-order valence-electron chi connectivity index (χ3n) is 4.65. The minimum Gasteiger partial charge on any atom is -0.457 e. The molecule has 1 saturated heterocycles. The van der Waals surface area contributed by atoms with Gasteiger partial charge in [0.25, 0.3) is 17.5 Å². The molecular formula is C23H14BrN3O5S. The number of halogens is 1. The average molecular weight is 524 g/mol. The van der Waals surface area contributed by atoms with E-state index in [1.54, 1.807) is 30.3 Å². The van der Waals surface area contributed by atoms with Crippen LogP contribution in [-0.2, 0) is 9.59 Å². The number of para-hydroxylation sites is 1. The number of nitro benzene ring substituents is 1. The van der Waals surface area contributed by atoms with Crippen molar-refractivity contribution in [2.24, 2.45) is 0 Å². The maximum atomic E-state index is 13.1. The molecular weight excluding hydrogens is 510 g/mol. The average Bonchev–Trinajstić information content (AvgIpc) is 2.79. The Balaban J connectivity index is 1.62. The quantitative estimate of drug-likeness (QED) is 0.166. The van der Waals surface area contributed by atoms with Gasteiger partial charge >= 0.3 is 0 Å². The van der Waals surface area contributed by atoms with Gasteiger partial charge in [-0.05, 0) is 82.3 Å². The van der Waals surface area contributed by atoms with E-state index in [1.165, 1.54) is 23.1 Å². The minimum atomic E-state index is -0.684. The Hall–Kier alpha value is -3.89. The number of nitrogens with one attached hydrogen (secondary N) is 1. The number of hydrogen-bond acceptors (Lipinski definition) is 6. The second kappa shape index (κ2) is 9.31. The summed E-state index contributed by atoms with van der Waals surface area (Å²) in [5.41, 5.74) is 0.361. The Morgan fingerprint density at radius 1 is 1.00 bits per heavy atom. The maximum Gasteiger partial charge on any atom is 0.284 e. The van der Waals surface area contributed by atoms with Crippen molar-refractivity contribution in [3.05, 3.63) is 98.5 Å². The number of thiocarbonyl (C=S) groups is 1. The molecule has 0 atom stereocenters. The number of benzene rings is 3. The lowest BCUT2D eigenvalue weighted by Gasteiger charge is -2.29. The lowest BCUT2D eigenvalue weighted by Crippen LogP contribution is -2.54. The van der Waals surface area contributed by atoms with Gasteiger partial charge in [0, 0.05) is 6.07 Å². The molecule has 0 spiro atoms. The van der Waals surface area contributed by atoms with Crippen LogP contribution in [0.1, 0.15) is 5.56 Å². The molecule has 0 radical (unpaired) electrons. The molecule has 1 fully saturated rings. The summed E-state index contributed by atoms with van der Waals surface area (Å²) in [5, 5.41) is 13.6. The summed E-state index contributed by atoms with van der Waals surface area (Å²) in [6.07, 6.45) is 1.29. The zero-order chi connectivity index (χ0) is 23.5. The first-order valence-electron chi connectivity index (χ1n) is 9.52. The van der Waals surface area contributed by atoms with E-state index in [-0.39, 0.29) is 20.8 Å². The highest BCUT2D eigenvalue weighted by atomic mass is 79.9. The number of carbonyl (C=O) groups is 2. The molecule has 10 heteroatoms. The molecule has 164 valence electrons. The monoisotopic (exact) mass is 523 g/mol. The number of ether oxygens (including phenoxy) is 1. The first kappa shape index (κ1) is 22.3. The van der Waals surface area contributed by atoms with Crippen molar-refractivity contribution in [3.63, 3.8) is 0 Å². The number of carbonyl (C=O) groups excluding carboxylic acids is 2. The minimum absolute atomic E-state index is 0.0688. The van der Waals surface area contributed by atoms with Crippen LogP contribution in [0.5, 0.6) is 11.5 Å². The number of nitrogens with zero attached hydrogens (tertiary/aromatic N) is 2. The van der Waals surface area contributed by atoms with Gasteiger partial charge in [-0.15, -0.1) is 0 Å². The molecule has 0 aromatic heterocycles. The fourth-order valence-corrected chi connectivity index (χ4v) is 3.78. The highest BCUT2D eigenvalue weighted by Crippen LogP contribution is 2.29. The summed E-state index contributed by atoms with van der Waals surface area (Å²) >= 11 is 8.32. The molecule has 3 aromatic rings. The number of nitro groups is 1. The molecule has 1 aliphatic rings. The van der Waals surface area contributed by atoms with Crippen molar-refractivity contribution >= 4 is 62.5 Å². The Kier molecular flexibility index (Phi) is 6.29. The normalized spacial score (nSPS) is 14.9. The Labute approximate surface area is 201 Å². The van der Waals surface area contributed by atoms with Crippen LogP contribution in [-0.4, -0.2) is 21.9 Å². The van der Waals surface area contributed by atoms with E-state index in [1.807, 2.05) is 30.3 Å². The zero-order valence-corrected chi connectivity index (χ0v) is 19.1. The topological polar surface area (TPSA) is 102 Å². The molecule has 4 rings (SSSR count). The van der Waals surface area contributed by atoms with Gasteiger partial charge in [0.05, 0.1) is 15.1 Å². The van der Waals surface area contributed by atoms with E-state index < -0.39 is 16.7 Å². The second-order valence-electron chi connectivity index (χ2n) is 6.83. The second-order valence-corrected chi connectivity index (χ2v) is 8.08. The number of hydrogen-bond donors (Lipinski definition) is 1. The van der Waals surface area contributed by atoms with Gasteiger partial charge in [-0.25, -0.2) is 0 Å². The number of rotatable bonds is 5. The third kappa shape index (κ3) is 4.81. The van der Waals surface area contributed by atoms with Crippen LogP contribution in [0.15, 0.2) is 82.8 Å². The molecule has 0 unspecified atom stereocenters. The van der Waals surface area contributed by atoms with E-state index >= 15 is 0 Å². The summed E-state index contributed by atoms with van der Waals surface area (Å²) in [6, 6.07) is 20.1. The fourth-order valence-electron chi connectivity index (χ4n) is 3.11. The lowest BCUT2D eigenvalue weighted by molar-refractivity contribution is -0.385. The van der Waals surface area contributed by atoms with Crippen LogP contribution >= 0.6 is 28.1 Å². The lowest BCUT2D eigenvalue weighted by atomic mass is 10.1. The Bertz CT molecular complexity index is 1310. The Morgan fingerprint density at radius 3 is 2.33 bits per heavy atom. The molecule has 3 aromatic carbocycles. The van der Waals surface area contributed by atoms with Crippen LogP contribution in [0.2, 0.25) is 0 Å². The largest absolute Gasteiger partial charge is 0.457 e.